The molecule has 0 aliphatic heterocycles. The van der Waals surface area contributed by atoms with Crippen LogP contribution in [0.2, 0.25) is 5.02 Å². The van der Waals surface area contributed by atoms with E-state index in [-0.39, 0.29) is 11.6 Å². The fraction of sp³-hybridized carbons (Fsp3) is 0.714. The molecule has 1 aliphatic carbocycles. The second-order valence-corrected chi connectivity index (χ2v) is 6.29. The molecule has 0 amide bonds. The Morgan fingerprint density at radius 3 is 2.75 bits per heavy atom. The highest BCUT2D eigenvalue weighted by molar-refractivity contribution is 6.33. The van der Waals surface area contributed by atoms with Gasteiger partial charge in [0, 0.05) is 19.1 Å². The Morgan fingerprint density at radius 1 is 1.55 bits per heavy atom. The number of aromatic nitrogens is 2. The van der Waals surface area contributed by atoms with Crippen LogP contribution in [0, 0.1) is 11.8 Å². The van der Waals surface area contributed by atoms with Crippen LogP contribution in [-0.4, -0.2) is 22.4 Å². The van der Waals surface area contributed by atoms with Gasteiger partial charge in [0.1, 0.15) is 5.69 Å². The van der Waals surface area contributed by atoms with Crippen molar-refractivity contribution in [1.29, 1.82) is 0 Å². The predicted molar refractivity (Wildman–Crippen MR) is 82.2 cm³/mol. The van der Waals surface area contributed by atoms with Gasteiger partial charge < -0.3 is 11.1 Å². The lowest BCUT2D eigenvalue weighted by atomic mass is 9.85. The number of nitrogens with zero attached hydrogens (tertiary/aromatic N) is 2. The van der Waals surface area contributed by atoms with Crippen molar-refractivity contribution in [1.82, 2.24) is 9.78 Å². The van der Waals surface area contributed by atoms with Crippen molar-refractivity contribution in [2.45, 2.75) is 45.7 Å². The highest BCUT2D eigenvalue weighted by Crippen LogP contribution is 2.27. The highest BCUT2D eigenvalue weighted by Gasteiger charge is 2.21. The van der Waals surface area contributed by atoms with E-state index in [9.17, 15) is 4.79 Å². The van der Waals surface area contributed by atoms with Gasteiger partial charge in [0.15, 0.2) is 0 Å². The Balaban J connectivity index is 2.22. The first kappa shape index (κ1) is 15.3. The third-order valence-electron chi connectivity index (χ3n) is 4.04. The van der Waals surface area contributed by atoms with Crippen molar-refractivity contribution in [3.63, 3.8) is 0 Å². The molecule has 0 aromatic carbocycles. The summed E-state index contributed by atoms with van der Waals surface area (Å²) < 4.78 is 1.52. The summed E-state index contributed by atoms with van der Waals surface area (Å²) in [5.74, 6) is 0.897. The maximum absolute atomic E-state index is 12.5. The van der Waals surface area contributed by atoms with Crippen molar-refractivity contribution in [2.75, 3.05) is 11.9 Å². The average molecular weight is 299 g/mol. The van der Waals surface area contributed by atoms with Crippen LogP contribution in [0.15, 0.2) is 11.0 Å². The standard InChI is InChI=1S/C14H23ClN4O/c1-9(2)12(6-16)18-13-11(15)7-17-19(14(13)20)8-10-4-3-5-10/h7,9-10,12,18H,3-6,8,16H2,1-2H3. The maximum atomic E-state index is 12.5. The van der Waals surface area contributed by atoms with Gasteiger partial charge in [-0.2, -0.15) is 5.10 Å². The van der Waals surface area contributed by atoms with Crippen LogP contribution in [0.25, 0.3) is 0 Å². The summed E-state index contributed by atoms with van der Waals surface area (Å²) in [5, 5.41) is 7.68. The molecule has 3 N–H and O–H groups in total. The van der Waals surface area contributed by atoms with E-state index >= 15 is 0 Å². The molecule has 1 saturated carbocycles. The van der Waals surface area contributed by atoms with Crippen molar-refractivity contribution < 1.29 is 0 Å². The minimum atomic E-state index is -0.150. The zero-order valence-corrected chi connectivity index (χ0v) is 12.9. The average Bonchev–Trinajstić information content (AvgIpc) is 2.35. The SMILES string of the molecule is CC(C)C(CN)Nc1c(Cl)cnn(CC2CCC2)c1=O. The van der Waals surface area contributed by atoms with Gasteiger partial charge in [-0.1, -0.05) is 31.9 Å². The normalized spacial score (nSPS) is 17.1. The Bertz CT molecular complexity index is 510. The topological polar surface area (TPSA) is 72.9 Å². The summed E-state index contributed by atoms with van der Waals surface area (Å²) in [6.07, 6.45) is 5.15. The number of nitrogens with one attached hydrogen (secondary N) is 1. The van der Waals surface area contributed by atoms with Crippen LogP contribution in [0.3, 0.4) is 0 Å². The molecule has 1 aromatic heterocycles. The summed E-state index contributed by atoms with van der Waals surface area (Å²) in [6, 6.07) is 0.0275. The van der Waals surface area contributed by atoms with Gasteiger partial charge in [-0.25, -0.2) is 4.68 Å². The molecule has 1 heterocycles. The van der Waals surface area contributed by atoms with E-state index in [1.807, 2.05) is 0 Å². The Labute approximate surface area is 124 Å². The third kappa shape index (κ3) is 3.33. The summed E-state index contributed by atoms with van der Waals surface area (Å²) in [4.78, 5) is 12.5. The Kier molecular flexibility index (Phi) is 5.05. The third-order valence-corrected chi connectivity index (χ3v) is 4.33. The van der Waals surface area contributed by atoms with Gasteiger partial charge in [-0.15, -0.1) is 0 Å². The lowest BCUT2D eigenvalue weighted by molar-refractivity contribution is 0.262. The number of hydrogen-bond donors (Lipinski definition) is 2. The lowest BCUT2D eigenvalue weighted by Crippen LogP contribution is -2.38. The van der Waals surface area contributed by atoms with E-state index in [1.165, 1.54) is 30.1 Å². The van der Waals surface area contributed by atoms with Crippen LogP contribution in [0.4, 0.5) is 5.69 Å². The lowest BCUT2D eigenvalue weighted by Gasteiger charge is -2.26. The minimum absolute atomic E-state index is 0.0275. The molecule has 20 heavy (non-hydrogen) atoms. The second kappa shape index (κ2) is 6.59. The van der Waals surface area contributed by atoms with E-state index in [2.05, 4.69) is 24.3 Å². The molecule has 2 rings (SSSR count). The van der Waals surface area contributed by atoms with Crippen LogP contribution in [0.1, 0.15) is 33.1 Å². The van der Waals surface area contributed by atoms with E-state index in [4.69, 9.17) is 17.3 Å². The van der Waals surface area contributed by atoms with E-state index in [0.717, 1.165) is 0 Å². The number of halogens is 1. The number of rotatable bonds is 6. The zero-order chi connectivity index (χ0) is 14.7. The molecule has 0 bridgehead atoms. The molecule has 112 valence electrons. The Morgan fingerprint density at radius 2 is 2.25 bits per heavy atom. The van der Waals surface area contributed by atoms with Crippen LogP contribution < -0.4 is 16.6 Å². The predicted octanol–water partition coefficient (Wildman–Crippen LogP) is 2.09. The quantitative estimate of drug-likeness (QED) is 0.843. The summed E-state index contributed by atoms with van der Waals surface area (Å²) in [5.41, 5.74) is 6.01. The molecule has 0 saturated heterocycles. The highest BCUT2D eigenvalue weighted by atomic mass is 35.5. The number of anilines is 1. The van der Waals surface area contributed by atoms with E-state index in [0.29, 0.717) is 35.6 Å². The van der Waals surface area contributed by atoms with Gasteiger partial charge in [-0.3, -0.25) is 4.79 Å². The van der Waals surface area contributed by atoms with Crippen molar-refractivity contribution in [2.24, 2.45) is 17.6 Å². The van der Waals surface area contributed by atoms with Gasteiger partial charge in [-0.05, 0) is 24.7 Å². The molecule has 0 radical (unpaired) electrons. The summed E-state index contributed by atoms with van der Waals surface area (Å²) in [7, 11) is 0. The van der Waals surface area contributed by atoms with Crippen LogP contribution in [-0.2, 0) is 6.54 Å². The molecule has 1 atom stereocenters. The van der Waals surface area contributed by atoms with Crippen molar-refractivity contribution in [3.8, 4) is 0 Å². The first-order chi connectivity index (χ1) is 9.52. The molecule has 1 aromatic rings. The zero-order valence-electron chi connectivity index (χ0n) is 12.1. The van der Waals surface area contributed by atoms with Gasteiger partial charge >= 0.3 is 0 Å². The largest absolute Gasteiger partial charge is 0.375 e. The molecule has 1 aliphatic rings. The molecule has 5 nitrogen and oxygen atoms in total. The second-order valence-electron chi connectivity index (χ2n) is 5.88. The first-order valence-electron chi connectivity index (χ1n) is 7.25. The van der Waals surface area contributed by atoms with Gasteiger partial charge in [0.05, 0.1) is 11.2 Å². The summed E-state index contributed by atoms with van der Waals surface area (Å²) >= 11 is 6.11. The van der Waals surface area contributed by atoms with Gasteiger partial charge in [0.25, 0.3) is 5.56 Å². The maximum Gasteiger partial charge on any atom is 0.291 e. The van der Waals surface area contributed by atoms with Gasteiger partial charge in [0.2, 0.25) is 0 Å². The molecular weight excluding hydrogens is 276 g/mol. The van der Waals surface area contributed by atoms with Crippen LogP contribution >= 0.6 is 11.6 Å². The Hall–Kier alpha value is -1.07. The first-order valence-corrected chi connectivity index (χ1v) is 7.63. The van der Waals surface area contributed by atoms with Crippen molar-refractivity contribution in [3.05, 3.63) is 21.6 Å². The smallest absolute Gasteiger partial charge is 0.291 e. The van der Waals surface area contributed by atoms with E-state index in [1.54, 1.807) is 0 Å². The fourth-order valence-corrected chi connectivity index (χ4v) is 2.51. The minimum Gasteiger partial charge on any atom is -0.375 e. The summed E-state index contributed by atoms with van der Waals surface area (Å²) in [6.45, 7) is 5.26. The number of hydrogen-bond acceptors (Lipinski definition) is 4. The fourth-order valence-electron chi connectivity index (χ4n) is 2.33. The molecule has 1 fully saturated rings. The van der Waals surface area contributed by atoms with Crippen molar-refractivity contribution >= 4 is 17.3 Å². The molecular formula is C14H23ClN4O. The van der Waals surface area contributed by atoms with Crippen LogP contribution in [0.5, 0.6) is 0 Å². The monoisotopic (exact) mass is 298 g/mol. The molecule has 1 unspecified atom stereocenters. The molecule has 6 heteroatoms. The molecule has 0 spiro atoms. The van der Waals surface area contributed by atoms with E-state index < -0.39 is 0 Å². The number of nitrogens with two attached hydrogens (primary N) is 1.